The second kappa shape index (κ2) is 8.73. The molecule has 0 aliphatic carbocycles. The summed E-state index contributed by atoms with van der Waals surface area (Å²) >= 11 is 5.95. The van der Waals surface area contributed by atoms with Gasteiger partial charge in [0.15, 0.2) is 0 Å². The molecule has 0 bridgehead atoms. The second-order valence-corrected chi connectivity index (χ2v) is 6.22. The van der Waals surface area contributed by atoms with E-state index in [4.69, 9.17) is 25.8 Å². The summed E-state index contributed by atoms with van der Waals surface area (Å²) < 4.78 is 14.5. The SMILES string of the molecule is COC(=O)C1=CN(C(C)C(=O)OC)C=C(C(=O)OC)C1c1ccc(Cl)cc1. The first kappa shape index (κ1) is 20.5. The highest BCUT2D eigenvalue weighted by Crippen LogP contribution is 2.38. The number of hydrogen-bond acceptors (Lipinski definition) is 7. The molecule has 1 aliphatic heterocycles. The number of rotatable bonds is 5. The van der Waals surface area contributed by atoms with Crippen LogP contribution in [0.1, 0.15) is 18.4 Å². The fourth-order valence-corrected chi connectivity index (χ4v) is 2.91. The molecule has 0 aromatic heterocycles. The Morgan fingerprint density at radius 2 is 1.41 bits per heavy atom. The van der Waals surface area contributed by atoms with Crippen LogP contribution in [0.25, 0.3) is 0 Å². The van der Waals surface area contributed by atoms with Gasteiger partial charge in [0.25, 0.3) is 0 Å². The molecule has 1 aliphatic rings. The summed E-state index contributed by atoms with van der Waals surface area (Å²) in [5, 5.41) is 0.516. The Labute approximate surface area is 162 Å². The number of nitrogens with zero attached hydrogens (tertiary/aromatic N) is 1. The minimum atomic E-state index is -0.763. The summed E-state index contributed by atoms with van der Waals surface area (Å²) in [5.74, 6) is -2.53. The van der Waals surface area contributed by atoms with E-state index in [0.29, 0.717) is 10.6 Å². The highest BCUT2D eigenvalue weighted by atomic mass is 35.5. The maximum atomic E-state index is 12.4. The van der Waals surface area contributed by atoms with Gasteiger partial charge in [-0.1, -0.05) is 23.7 Å². The summed E-state index contributed by atoms with van der Waals surface area (Å²) in [7, 11) is 3.74. The summed E-state index contributed by atoms with van der Waals surface area (Å²) in [6, 6.07) is 5.97. The van der Waals surface area contributed by atoms with Crippen molar-refractivity contribution in [2.75, 3.05) is 21.3 Å². The van der Waals surface area contributed by atoms with Crippen LogP contribution in [0.2, 0.25) is 5.02 Å². The van der Waals surface area contributed by atoms with Crippen LogP contribution in [0, 0.1) is 0 Å². The Kier molecular flexibility index (Phi) is 6.63. The van der Waals surface area contributed by atoms with Gasteiger partial charge < -0.3 is 19.1 Å². The molecule has 0 saturated carbocycles. The van der Waals surface area contributed by atoms with Crippen LogP contribution in [0.4, 0.5) is 0 Å². The van der Waals surface area contributed by atoms with Gasteiger partial charge in [0.05, 0.1) is 38.4 Å². The Bertz CT molecular complexity index is 765. The maximum absolute atomic E-state index is 12.4. The first-order valence-electron chi connectivity index (χ1n) is 8.04. The molecule has 0 spiro atoms. The monoisotopic (exact) mass is 393 g/mol. The highest BCUT2D eigenvalue weighted by Gasteiger charge is 2.37. The lowest BCUT2D eigenvalue weighted by molar-refractivity contribution is -0.145. The van der Waals surface area contributed by atoms with Gasteiger partial charge in [0.1, 0.15) is 6.04 Å². The zero-order chi connectivity index (χ0) is 20.1. The van der Waals surface area contributed by atoms with Crippen molar-refractivity contribution < 1.29 is 28.6 Å². The van der Waals surface area contributed by atoms with Crippen molar-refractivity contribution in [1.82, 2.24) is 4.90 Å². The molecule has 0 fully saturated rings. The van der Waals surface area contributed by atoms with E-state index in [0.717, 1.165) is 0 Å². The third-order valence-corrected chi connectivity index (χ3v) is 4.49. The lowest BCUT2D eigenvalue weighted by atomic mass is 9.83. The molecule has 0 amide bonds. The second-order valence-electron chi connectivity index (χ2n) is 5.78. The average molecular weight is 394 g/mol. The van der Waals surface area contributed by atoms with Gasteiger partial charge in [-0.15, -0.1) is 0 Å². The summed E-state index contributed by atoms with van der Waals surface area (Å²) in [6.07, 6.45) is 2.94. The van der Waals surface area contributed by atoms with Gasteiger partial charge in [-0.3, -0.25) is 0 Å². The predicted molar refractivity (Wildman–Crippen MR) is 97.7 cm³/mol. The van der Waals surface area contributed by atoms with Crippen molar-refractivity contribution in [3.63, 3.8) is 0 Å². The molecule has 8 heteroatoms. The number of carbonyl (C=O) groups excluding carboxylic acids is 3. The standard InChI is InChI=1S/C19H20ClNO6/c1-11(17(22)25-2)21-9-14(18(23)26-3)16(15(10-21)19(24)27-4)12-5-7-13(20)8-6-12/h5-11,16H,1-4H3. The fourth-order valence-electron chi connectivity index (χ4n) is 2.78. The first-order chi connectivity index (χ1) is 12.8. The van der Waals surface area contributed by atoms with E-state index in [1.165, 1.54) is 38.6 Å². The van der Waals surface area contributed by atoms with Crippen LogP contribution < -0.4 is 0 Å². The van der Waals surface area contributed by atoms with Crippen molar-refractivity contribution in [2.24, 2.45) is 0 Å². The van der Waals surface area contributed by atoms with E-state index >= 15 is 0 Å². The zero-order valence-electron chi connectivity index (χ0n) is 15.4. The van der Waals surface area contributed by atoms with Gasteiger partial charge >= 0.3 is 17.9 Å². The summed E-state index contributed by atoms with van der Waals surface area (Å²) in [6.45, 7) is 1.59. The van der Waals surface area contributed by atoms with Crippen LogP contribution in [-0.4, -0.2) is 50.2 Å². The van der Waals surface area contributed by atoms with Crippen molar-refractivity contribution in [3.05, 3.63) is 58.4 Å². The minimum absolute atomic E-state index is 0.179. The minimum Gasteiger partial charge on any atom is -0.467 e. The van der Waals surface area contributed by atoms with Gasteiger partial charge in [-0.05, 0) is 24.6 Å². The number of ether oxygens (including phenoxy) is 3. The topological polar surface area (TPSA) is 82.1 Å². The fraction of sp³-hybridized carbons (Fsp3) is 0.316. The zero-order valence-corrected chi connectivity index (χ0v) is 16.1. The summed E-state index contributed by atoms with van der Waals surface area (Å²) in [5.41, 5.74) is 1.01. The number of carbonyl (C=O) groups is 3. The van der Waals surface area contributed by atoms with E-state index in [9.17, 15) is 14.4 Å². The van der Waals surface area contributed by atoms with Crippen LogP contribution >= 0.6 is 11.6 Å². The third kappa shape index (κ3) is 4.31. The van der Waals surface area contributed by atoms with Crippen molar-refractivity contribution in [2.45, 2.75) is 18.9 Å². The van der Waals surface area contributed by atoms with Crippen molar-refractivity contribution >= 4 is 29.5 Å². The molecule has 1 unspecified atom stereocenters. The molecule has 0 N–H and O–H groups in total. The molecular formula is C19H20ClNO6. The summed E-state index contributed by atoms with van der Waals surface area (Å²) in [4.78, 5) is 38.2. The maximum Gasteiger partial charge on any atom is 0.336 e. The van der Waals surface area contributed by atoms with Crippen molar-refractivity contribution in [1.29, 1.82) is 0 Å². The number of halogens is 1. The van der Waals surface area contributed by atoms with E-state index < -0.39 is 29.9 Å². The smallest absolute Gasteiger partial charge is 0.336 e. The number of hydrogen-bond donors (Lipinski definition) is 0. The Morgan fingerprint density at radius 1 is 0.926 bits per heavy atom. The number of benzene rings is 1. The molecule has 0 radical (unpaired) electrons. The molecule has 2 rings (SSSR count). The largest absolute Gasteiger partial charge is 0.467 e. The quantitative estimate of drug-likeness (QED) is 0.561. The van der Waals surface area contributed by atoms with E-state index in [2.05, 4.69) is 0 Å². The Balaban J connectivity index is 2.62. The molecule has 1 aromatic rings. The predicted octanol–water partition coefficient (Wildman–Crippen LogP) is 2.41. The van der Waals surface area contributed by atoms with Gasteiger partial charge in [-0.25, -0.2) is 14.4 Å². The van der Waals surface area contributed by atoms with Crippen LogP contribution in [0.15, 0.2) is 47.8 Å². The van der Waals surface area contributed by atoms with Gasteiger partial charge in [-0.2, -0.15) is 0 Å². The lowest BCUT2D eigenvalue weighted by Crippen LogP contribution is -2.37. The lowest BCUT2D eigenvalue weighted by Gasteiger charge is -2.32. The van der Waals surface area contributed by atoms with E-state index in [1.54, 1.807) is 31.2 Å². The molecule has 144 valence electrons. The molecule has 1 atom stereocenters. The van der Waals surface area contributed by atoms with Gasteiger partial charge in [0, 0.05) is 17.4 Å². The van der Waals surface area contributed by atoms with Crippen molar-refractivity contribution in [3.8, 4) is 0 Å². The molecule has 27 heavy (non-hydrogen) atoms. The van der Waals surface area contributed by atoms with Gasteiger partial charge in [0.2, 0.25) is 0 Å². The molecule has 0 saturated heterocycles. The van der Waals surface area contributed by atoms with E-state index in [1.807, 2.05) is 0 Å². The van der Waals surface area contributed by atoms with Crippen LogP contribution in [-0.2, 0) is 28.6 Å². The first-order valence-corrected chi connectivity index (χ1v) is 8.42. The Hall–Kier alpha value is -2.80. The molecule has 7 nitrogen and oxygen atoms in total. The average Bonchev–Trinajstić information content (AvgIpc) is 2.71. The third-order valence-electron chi connectivity index (χ3n) is 4.23. The molecular weight excluding hydrogens is 374 g/mol. The number of esters is 3. The molecule has 1 heterocycles. The normalized spacial score (nSPS) is 15.4. The molecule has 1 aromatic carbocycles. The van der Waals surface area contributed by atoms with E-state index in [-0.39, 0.29) is 11.1 Å². The van der Waals surface area contributed by atoms with Crippen LogP contribution in [0.5, 0.6) is 0 Å². The van der Waals surface area contributed by atoms with Crippen LogP contribution in [0.3, 0.4) is 0 Å². The Morgan fingerprint density at radius 3 is 1.81 bits per heavy atom. The highest BCUT2D eigenvalue weighted by molar-refractivity contribution is 6.30. The number of methoxy groups -OCH3 is 3.